The summed E-state index contributed by atoms with van der Waals surface area (Å²) < 4.78 is 0. The molecule has 1 aromatic carbocycles. The van der Waals surface area contributed by atoms with E-state index in [1.54, 1.807) is 36.7 Å². The van der Waals surface area contributed by atoms with Crippen molar-refractivity contribution in [2.45, 2.75) is 25.9 Å². The normalized spacial score (nSPS) is 16.9. The molecule has 0 radical (unpaired) electrons. The van der Waals surface area contributed by atoms with E-state index < -0.39 is 0 Å². The fourth-order valence-corrected chi connectivity index (χ4v) is 3.11. The fourth-order valence-electron chi connectivity index (χ4n) is 3.11. The molecule has 1 unspecified atom stereocenters. The van der Waals surface area contributed by atoms with Gasteiger partial charge in [-0.25, -0.2) is 4.79 Å². The molecule has 2 aromatic rings. The van der Waals surface area contributed by atoms with Gasteiger partial charge >= 0.3 is 6.03 Å². The lowest BCUT2D eigenvalue weighted by Gasteiger charge is -2.36. The largest absolute Gasteiger partial charge is 0.336 e. The summed E-state index contributed by atoms with van der Waals surface area (Å²) in [6, 6.07) is 10.6. The Hall–Kier alpha value is -2.93. The Labute approximate surface area is 159 Å². The van der Waals surface area contributed by atoms with Gasteiger partial charge in [0, 0.05) is 49.3 Å². The van der Waals surface area contributed by atoms with Gasteiger partial charge < -0.3 is 20.9 Å². The molecule has 1 atom stereocenters. The molecule has 3 rings (SSSR count). The van der Waals surface area contributed by atoms with Crippen LogP contribution in [0.25, 0.3) is 0 Å². The summed E-state index contributed by atoms with van der Waals surface area (Å²) in [6.45, 7) is 5.89. The van der Waals surface area contributed by atoms with Crippen LogP contribution in [0.2, 0.25) is 0 Å². The minimum absolute atomic E-state index is 0.0245. The number of piperazine rings is 1. The molecule has 142 valence electrons. The van der Waals surface area contributed by atoms with Crippen molar-refractivity contribution < 1.29 is 9.59 Å². The second kappa shape index (κ2) is 8.64. The molecule has 7 heteroatoms. The molecule has 2 heterocycles. The van der Waals surface area contributed by atoms with Gasteiger partial charge in [0.25, 0.3) is 5.91 Å². The molecule has 0 bridgehead atoms. The summed E-state index contributed by atoms with van der Waals surface area (Å²) >= 11 is 0. The molecule has 3 N–H and O–H groups in total. The van der Waals surface area contributed by atoms with Crippen molar-refractivity contribution in [1.29, 1.82) is 0 Å². The van der Waals surface area contributed by atoms with Gasteiger partial charge in [-0.2, -0.15) is 0 Å². The predicted molar refractivity (Wildman–Crippen MR) is 105 cm³/mol. The number of nitrogens with zero attached hydrogens (tertiary/aromatic N) is 2. The number of pyridine rings is 1. The van der Waals surface area contributed by atoms with Crippen molar-refractivity contribution in [3.8, 4) is 0 Å². The van der Waals surface area contributed by atoms with Crippen LogP contribution in [0.3, 0.4) is 0 Å². The maximum Gasteiger partial charge on any atom is 0.319 e. The number of urea groups is 1. The Bertz CT molecular complexity index is 777. The van der Waals surface area contributed by atoms with E-state index in [1.165, 1.54) is 0 Å². The average Bonchev–Trinajstić information content (AvgIpc) is 2.68. The second-order valence-electron chi connectivity index (χ2n) is 6.84. The molecule has 0 aliphatic carbocycles. The van der Waals surface area contributed by atoms with Gasteiger partial charge in [-0.3, -0.25) is 9.78 Å². The van der Waals surface area contributed by atoms with Crippen LogP contribution in [0, 0.1) is 0 Å². The maximum absolute atomic E-state index is 13.0. The Morgan fingerprint density at radius 1 is 1.22 bits per heavy atom. The molecular weight excluding hydrogens is 342 g/mol. The van der Waals surface area contributed by atoms with Crippen LogP contribution < -0.4 is 16.0 Å². The van der Waals surface area contributed by atoms with E-state index in [4.69, 9.17) is 0 Å². The van der Waals surface area contributed by atoms with E-state index in [0.717, 1.165) is 12.1 Å². The van der Waals surface area contributed by atoms with E-state index in [0.29, 0.717) is 24.3 Å². The molecule has 3 amide bonds. The quantitative estimate of drug-likeness (QED) is 0.774. The number of aromatic nitrogens is 1. The number of hydrogen-bond donors (Lipinski definition) is 3. The van der Waals surface area contributed by atoms with Crippen molar-refractivity contribution in [2.24, 2.45) is 0 Å². The summed E-state index contributed by atoms with van der Waals surface area (Å²) in [5.74, 6) is -0.0245. The van der Waals surface area contributed by atoms with Gasteiger partial charge in [0.1, 0.15) is 0 Å². The number of hydrogen-bond acceptors (Lipinski definition) is 4. The van der Waals surface area contributed by atoms with Gasteiger partial charge in [0.15, 0.2) is 0 Å². The van der Waals surface area contributed by atoms with Crippen molar-refractivity contribution in [3.05, 3.63) is 59.9 Å². The zero-order chi connectivity index (χ0) is 19.2. The lowest BCUT2D eigenvalue weighted by atomic mass is 10.0. The molecule has 1 fully saturated rings. The van der Waals surface area contributed by atoms with Crippen LogP contribution in [0.15, 0.2) is 48.8 Å². The molecule has 1 saturated heterocycles. The summed E-state index contributed by atoms with van der Waals surface area (Å²) in [6.07, 6.45) is 3.53. The lowest BCUT2D eigenvalue weighted by molar-refractivity contribution is 0.0634. The SMILES string of the molecule is CC(C)NC(=O)Nc1ccc(C(=O)N2CCNCC2c2cccnc2)cc1. The number of carbonyl (C=O) groups excluding carboxylic acids is 2. The first-order valence-electron chi connectivity index (χ1n) is 9.14. The fraction of sp³-hybridized carbons (Fsp3) is 0.350. The van der Waals surface area contributed by atoms with Crippen molar-refractivity contribution in [1.82, 2.24) is 20.5 Å². The van der Waals surface area contributed by atoms with Crippen LogP contribution in [-0.4, -0.2) is 47.5 Å². The molecule has 0 saturated carbocycles. The standard InChI is InChI=1S/C20H25N5O2/c1-14(2)23-20(27)24-17-7-5-15(6-8-17)19(26)25-11-10-22-13-18(25)16-4-3-9-21-12-16/h3-9,12,14,18,22H,10-11,13H2,1-2H3,(H2,23,24,27). The third-order valence-electron chi connectivity index (χ3n) is 4.38. The smallest absolute Gasteiger partial charge is 0.319 e. The molecule has 1 aliphatic heterocycles. The molecular formula is C20H25N5O2. The summed E-state index contributed by atoms with van der Waals surface area (Å²) in [5.41, 5.74) is 2.26. The maximum atomic E-state index is 13.0. The second-order valence-corrected chi connectivity index (χ2v) is 6.84. The molecule has 0 spiro atoms. The van der Waals surface area contributed by atoms with Crippen LogP contribution in [0.4, 0.5) is 10.5 Å². The number of nitrogens with one attached hydrogen (secondary N) is 3. The Morgan fingerprint density at radius 3 is 2.67 bits per heavy atom. The van der Waals surface area contributed by atoms with Gasteiger partial charge in [-0.05, 0) is 49.7 Å². The van der Waals surface area contributed by atoms with Gasteiger partial charge in [-0.15, -0.1) is 0 Å². The van der Waals surface area contributed by atoms with Gasteiger partial charge in [0.05, 0.1) is 6.04 Å². The average molecular weight is 367 g/mol. The monoisotopic (exact) mass is 367 g/mol. The zero-order valence-corrected chi connectivity index (χ0v) is 15.6. The highest BCUT2D eigenvalue weighted by atomic mass is 16.2. The van der Waals surface area contributed by atoms with Crippen LogP contribution >= 0.6 is 0 Å². The number of benzene rings is 1. The van der Waals surface area contributed by atoms with Crippen LogP contribution in [0.5, 0.6) is 0 Å². The highest BCUT2D eigenvalue weighted by Crippen LogP contribution is 2.24. The minimum Gasteiger partial charge on any atom is -0.336 e. The first-order chi connectivity index (χ1) is 13.0. The topological polar surface area (TPSA) is 86.4 Å². The van der Waals surface area contributed by atoms with Gasteiger partial charge in [-0.1, -0.05) is 6.07 Å². The van der Waals surface area contributed by atoms with Crippen molar-refractivity contribution in [2.75, 3.05) is 25.0 Å². The minimum atomic E-state index is -0.261. The third kappa shape index (κ3) is 4.83. The highest BCUT2D eigenvalue weighted by molar-refractivity contribution is 5.96. The molecule has 1 aromatic heterocycles. The number of carbonyl (C=O) groups is 2. The Balaban J connectivity index is 1.71. The van der Waals surface area contributed by atoms with E-state index in [9.17, 15) is 9.59 Å². The van der Waals surface area contributed by atoms with Crippen molar-refractivity contribution >= 4 is 17.6 Å². The highest BCUT2D eigenvalue weighted by Gasteiger charge is 2.28. The number of anilines is 1. The van der Waals surface area contributed by atoms with E-state index in [-0.39, 0.29) is 24.0 Å². The first-order valence-corrected chi connectivity index (χ1v) is 9.14. The van der Waals surface area contributed by atoms with Crippen LogP contribution in [-0.2, 0) is 0 Å². The predicted octanol–water partition coefficient (Wildman–Crippen LogP) is 2.40. The van der Waals surface area contributed by atoms with E-state index in [1.807, 2.05) is 30.9 Å². The lowest BCUT2D eigenvalue weighted by Crippen LogP contribution is -2.48. The number of rotatable bonds is 4. The molecule has 1 aliphatic rings. The molecule has 7 nitrogen and oxygen atoms in total. The zero-order valence-electron chi connectivity index (χ0n) is 15.6. The Morgan fingerprint density at radius 2 is 2.00 bits per heavy atom. The summed E-state index contributed by atoms with van der Waals surface area (Å²) in [5, 5.41) is 8.87. The van der Waals surface area contributed by atoms with Crippen molar-refractivity contribution in [3.63, 3.8) is 0 Å². The Kier molecular flexibility index (Phi) is 6.03. The van der Waals surface area contributed by atoms with E-state index >= 15 is 0 Å². The van der Waals surface area contributed by atoms with Crippen LogP contribution in [0.1, 0.15) is 35.8 Å². The first kappa shape index (κ1) is 18.8. The summed E-state index contributed by atoms with van der Waals surface area (Å²) in [4.78, 5) is 30.9. The number of amides is 3. The van der Waals surface area contributed by atoms with Gasteiger partial charge in [0.2, 0.25) is 0 Å². The van der Waals surface area contributed by atoms with E-state index in [2.05, 4.69) is 20.9 Å². The summed E-state index contributed by atoms with van der Waals surface area (Å²) in [7, 11) is 0. The third-order valence-corrected chi connectivity index (χ3v) is 4.38. The molecule has 27 heavy (non-hydrogen) atoms.